The molecule has 0 fully saturated rings. The molecule has 1 aromatic carbocycles. The molecule has 9 heteroatoms. The molecule has 130 valence electrons. The highest BCUT2D eigenvalue weighted by Crippen LogP contribution is 2.31. The van der Waals surface area contributed by atoms with Gasteiger partial charge in [-0.25, -0.2) is 4.98 Å². The number of nitrogens with zero attached hydrogens (tertiary/aromatic N) is 1. The Balaban J connectivity index is 2.04. The van der Waals surface area contributed by atoms with Gasteiger partial charge in [0.2, 0.25) is 0 Å². The van der Waals surface area contributed by atoms with Gasteiger partial charge in [0.05, 0.1) is 5.69 Å². The Kier molecular flexibility index (Phi) is 6.00. The van der Waals surface area contributed by atoms with E-state index in [0.29, 0.717) is 10.8 Å². The van der Waals surface area contributed by atoms with Crippen molar-refractivity contribution in [3.8, 4) is 11.3 Å². The summed E-state index contributed by atoms with van der Waals surface area (Å²) in [6.07, 6.45) is -5.70. The summed E-state index contributed by atoms with van der Waals surface area (Å²) in [5.41, 5.74) is 1.60. The van der Waals surface area contributed by atoms with E-state index in [2.05, 4.69) is 31.0 Å². The zero-order valence-electron chi connectivity index (χ0n) is 12.8. The molecule has 0 aliphatic carbocycles. The second kappa shape index (κ2) is 7.62. The molecule has 2 aromatic rings. The van der Waals surface area contributed by atoms with Crippen LogP contribution in [0.3, 0.4) is 0 Å². The van der Waals surface area contributed by atoms with Crippen molar-refractivity contribution in [3.05, 3.63) is 33.6 Å². The van der Waals surface area contributed by atoms with Crippen LogP contribution in [0, 0.1) is 6.92 Å². The molecule has 0 spiro atoms. The topological polar surface area (TPSA) is 51.2 Å². The van der Waals surface area contributed by atoms with E-state index < -0.39 is 24.8 Å². The van der Waals surface area contributed by atoms with Crippen molar-refractivity contribution in [2.75, 3.05) is 11.9 Å². The van der Waals surface area contributed by atoms with E-state index in [9.17, 15) is 18.0 Å². The molecule has 1 aromatic heterocycles. The average molecular weight is 423 g/mol. The van der Waals surface area contributed by atoms with Gasteiger partial charge in [-0.05, 0) is 26.0 Å². The summed E-state index contributed by atoms with van der Waals surface area (Å²) in [7, 11) is 0. The molecule has 1 amide bonds. The lowest BCUT2D eigenvalue weighted by Gasteiger charge is -2.13. The van der Waals surface area contributed by atoms with Crippen LogP contribution in [0.2, 0.25) is 0 Å². The lowest BCUT2D eigenvalue weighted by Crippen LogP contribution is -2.31. The number of anilines is 1. The molecule has 1 N–H and O–H groups in total. The standard InChI is InChI=1S/C15H14BrF3N2O2S/c1-8(23-7-15(17,18)19)13(22)21-14-20-12(9(2)24-14)10-3-5-11(16)6-4-10/h3-6,8H,7H2,1-2H3,(H,20,21,22). The number of alkyl halides is 3. The molecule has 1 unspecified atom stereocenters. The van der Waals surface area contributed by atoms with Gasteiger partial charge in [-0.2, -0.15) is 13.2 Å². The van der Waals surface area contributed by atoms with Crippen LogP contribution in [0.15, 0.2) is 28.7 Å². The van der Waals surface area contributed by atoms with Crippen molar-refractivity contribution >= 4 is 38.3 Å². The number of thiazole rings is 1. The van der Waals surface area contributed by atoms with Gasteiger partial charge < -0.3 is 4.74 Å². The van der Waals surface area contributed by atoms with Gasteiger partial charge in [0.25, 0.3) is 5.91 Å². The molecule has 0 aliphatic rings. The number of ether oxygens (including phenoxy) is 1. The van der Waals surface area contributed by atoms with Crippen LogP contribution >= 0.6 is 27.3 Å². The first-order chi connectivity index (χ1) is 11.2. The SMILES string of the molecule is Cc1sc(NC(=O)C(C)OCC(F)(F)F)nc1-c1ccc(Br)cc1. The zero-order chi connectivity index (χ0) is 17.9. The quantitative estimate of drug-likeness (QED) is 0.753. The lowest BCUT2D eigenvalue weighted by molar-refractivity contribution is -0.184. The Hall–Kier alpha value is -1.45. The number of rotatable bonds is 5. The largest absolute Gasteiger partial charge is 0.411 e. The summed E-state index contributed by atoms with van der Waals surface area (Å²) >= 11 is 4.60. The van der Waals surface area contributed by atoms with E-state index >= 15 is 0 Å². The first-order valence-corrected chi connectivity index (χ1v) is 8.49. The third-order valence-electron chi connectivity index (χ3n) is 3.01. The number of carbonyl (C=O) groups is 1. The lowest BCUT2D eigenvalue weighted by atomic mass is 10.1. The molecule has 1 heterocycles. The fourth-order valence-corrected chi connectivity index (χ4v) is 2.93. The minimum absolute atomic E-state index is 0.317. The van der Waals surface area contributed by atoms with Crippen LogP contribution in [0.1, 0.15) is 11.8 Å². The van der Waals surface area contributed by atoms with E-state index in [1.165, 1.54) is 18.3 Å². The first kappa shape index (κ1) is 18.9. The Morgan fingerprint density at radius 3 is 2.58 bits per heavy atom. The number of nitrogens with one attached hydrogen (secondary N) is 1. The number of hydrogen-bond acceptors (Lipinski definition) is 4. The maximum atomic E-state index is 12.1. The molecule has 2 rings (SSSR count). The molecule has 0 radical (unpaired) electrons. The number of amides is 1. The number of benzene rings is 1. The molecular weight excluding hydrogens is 409 g/mol. The van der Waals surface area contributed by atoms with E-state index in [1.807, 2.05) is 31.2 Å². The normalized spacial score (nSPS) is 12.9. The molecule has 24 heavy (non-hydrogen) atoms. The van der Waals surface area contributed by atoms with Crippen LogP contribution in [-0.2, 0) is 9.53 Å². The van der Waals surface area contributed by atoms with Gasteiger partial charge in [0.15, 0.2) is 5.13 Å². The van der Waals surface area contributed by atoms with Crippen LogP contribution < -0.4 is 5.32 Å². The first-order valence-electron chi connectivity index (χ1n) is 6.88. The maximum Gasteiger partial charge on any atom is 0.411 e. The van der Waals surface area contributed by atoms with Gasteiger partial charge >= 0.3 is 6.18 Å². The van der Waals surface area contributed by atoms with E-state index in [0.717, 1.165) is 14.9 Å². The highest BCUT2D eigenvalue weighted by Gasteiger charge is 2.30. The van der Waals surface area contributed by atoms with Crippen molar-refractivity contribution in [3.63, 3.8) is 0 Å². The number of carbonyl (C=O) groups excluding carboxylic acids is 1. The highest BCUT2D eigenvalue weighted by molar-refractivity contribution is 9.10. The van der Waals surface area contributed by atoms with Crippen molar-refractivity contribution in [1.29, 1.82) is 0 Å². The molecule has 0 aliphatic heterocycles. The van der Waals surface area contributed by atoms with E-state index in [1.54, 1.807) is 0 Å². The smallest absolute Gasteiger partial charge is 0.359 e. The van der Waals surface area contributed by atoms with Crippen LogP contribution in [-0.4, -0.2) is 29.8 Å². The molecule has 1 atom stereocenters. The fraction of sp³-hybridized carbons (Fsp3) is 0.333. The number of hydrogen-bond donors (Lipinski definition) is 1. The van der Waals surface area contributed by atoms with Crippen molar-refractivity contribution in [2.45, 2.75) is 26.1 Å². The molecule has 0 saturated carbocycles. The van der Waals surface area contributed by atoms with Gasteiger partial charge in [-0.3, -0.25) is 10.1 Å². The highest BCUT2D eigenvalue weighted by atomic mass is 79.9. The average Bonchev–Trinajstić information content (AvgIpc) is 2.85. The van der Waals surface area contributed by atoms with Crippen molar-refractivity contribution < 1.29 is 22.7 Å². The number of halogens is 4. The molecular formula is C15H14BrF3N2O2S. The third-order valence-corrected chi connectivity index (χ3v) is 4.43. The summed E-state index contributed by atoms with van der Waals surface area (Å²) in [5.74, 6) is -0.671. The fourth-order valence-electron chi connectivity index (χ4n) is 1.83. The summed E-state index contributed by atoms with van der Waals surface area (Å²) in [4.78, 5) is 17.1. The Labute approximate surface area is 149 Å². The van der Waals surface area contributed by atoms with Crippen molar-refractivity contribution in [1.82, 2.24) is 4.98 Å². The van der Waals surface area contributed by atoms with Gasteiger partial charge in [-0.1, -0.05) is 28.1 Å². The van der Waals surface area contributed by atoms with Crippen LogP contribution in [0.5, 0.6) is 0 Å². The molecule has 4 nitrogen and oxygen atoms in total. The number of aromatic nitrogens is 1. The molecule has 0 bridgehead atoms. The second-order valence-electron chi connectivity index (χ2n) is 4.99. The Morgan fingerprint density at radius 2 is 2.00 bits per heavy atom. The van der Waals surface area contributed by atoms with Gasteiger partial charge in [-0.15, -0.1) is 11.3 Å². The summed E-state index contributed by atoms with van der Waals surface area (Å²) < 4.78 is 41.8. The summed E-state index contributed by atoms with van der Waals surface area (Å²) in [5, 5.41) is 2.80. The van der Waals surface area contributed by atoms with E-state index in [4.69, 9.17) is 0 Å². The second-order valence-corrected chi connectivity index (χ2v) is 7.11. The predicted octanol–water partition coefficient (Wildman–Crippen LogP) is 4.79. The van der Waals surface area contributed by atoms with E-state index in [-0.39, 0.29) is 0 Å². The van der Waals surface area contributed by atoms with Gasteiger partial charge in [0, 0.05) is 14.9 Å². The summed E-state index contributed by atoms with van der Waals surface area (Å²) in [6, 6.07) is 7.51. The summed E-state index contributed by atoms with van der Waals surface area (Å²) in [6.45, 7) is 1.65. The number of aryl methyl sites for hydroxylation is 1. The van der Waals surface area contributed by atoms with Crippen LogP contribution in [0.25, 0.3) is 11.3 Å². The monoisotopic (exact) mass is 422 g/mol. The Bertz CT molecular complexity index is 716. The maximum absolute atomic E-state index is 12.1. The minimum Gasteiger partial charge on any atom is -0.359 e. The third kappa shape index (κ3) is 5.29. The predicted molar refractivity (Wildman–Crippen MR) is 90.1 cm³/mol. The Morgan fingerprint density at radius 1 is 1.38 bits per heavy atom. The molecule has 0 saturated heterocycles. The van der Waals surface area contributed by atoms with Crippen LogP contribution in [0.4, 0.5) is 18.3 Å². The van der Waals surface area contributed by atoms with Crippen molar-refractivity contribution in [2.24, 2.45) is 0 Å². The zero-order valence-corrected chi connectivity index (χ0v) is 15.2. The van der Waals surface area contributed by atoms with Gasteiger partial charge in [0.1, 0.15) is 12.7 Å². The minimum atomic E-state index is -4.47.